The highest BCUT2D eigenvalue weighted by Gasteiger charge is 2.65. The number of nitrogens with zero attached hydrogens (tertiary/aromatic N) is 5. The van der Waals surface area contributed by atoms with E-state index in [1.54, 1.807) is 19.2 Å². The van der Waals surface area contributed by atoms with Crippen LogP contribution in [0.4, 0.5) is 8.78 Å². The largest absolute Gasteiger partial charge is 0.443 e. The van der Waals surface area contributed by atoms with Crippen LogP contribution in [0.15, 0.2) is 47.3 Å². The first-order chi connectivity index (χ1) is 17.9. The topological polar surface area (TPSA) is 112 Å². The smallest absolute Gasteiger partial charge is 0.246 e. The molecule has 3 aromatic heterocycles. The fraction of sp³-hybridized carbons (Fsp3) is 0.370. The maximum Gasteiger partial charge on any atom is 0.246 e. The Kier molecular flexibility index (Phi) is 5.33. The number of rotatable bonds is 5. The highest BCUT2D eigenvalue weighted by molar-refractivity contribution is 7.90. The van der Waals surface area contributed by atoms with Crippen LogP contribution < -0.4 is 0 Å². The molecule has 0 spiro atoms. The van der Waals surface area contributed by atoms with Gasteiger partial charge in [0.25, 0.3) is 0 Å². The van der Waals surface area contributed by atoms with Gasteiger partial charge in [-0.2, -0.15) is 5.10 Å². The van der Waals surface area contributed by atoms with Gasteiger partial charge in [0, 0.05) is 12.5 Å². The van der Waals surface area contributed by atoms with Gasteiger partial charge in [0.2, 0.25) is 5.89 Å². The predicted octanol–water partition coefficient (Wildman–Crippen LogP) is 5.18. The molecule has 2 bridgehead atoms. The van der Waals surface area contributed by atoms with Gasteiger partial charge in [-0.25, -0.2) is 27.2 Å². The van der Waals surface area contributed by atoms with Gasteiger partial charge in [-0.05, 0) is 54.9 Å². The van der Waals surface area contributed by atoms with E-state index < -0.39 is 32.1 Å². The van der Waals surface area contributed by atoms with E-state index in [2.05, 4.69) is 34.0 Å². The Labute approximate surface area is 218 Å². The Morgan fingerprint density at radius 2 is 1.82 bits per heavy atom. The lowest BCUT2D eigenvalue weighted by atomic mass is 9.66. The molecule has 0 amide bonds. The Morgan fingerprint density at radius 1 is 1.08 bits per heavy atom. The second-order valence-electron chi connectivity index (χ2n) is 10.7. The average molecular weight is 538 g/mol. The number of oxazole rings is 1. The minimum absolute atomic E-state index is 0.0796. The van der Waals surface area contributed by atoms with Crippen LogP contribution in [0, 0.1) is 17.0 Å². The molecule has 1 fully saturated rings. The van der Waals surface area contributed by atoms with Crippen molar-refractivity contribution < 1.29 is 21.6 Å². The second-order valence-corrected chi connectivity index (χ2v) is 13.1. The predicted molar refractivity (Wildman–Crippen MR) is 135 cm³/mol. The lowest BCUT2D eigenvalue weighted by Crippen LogP contribution is -2.38. The van der Waals surface area contributed by atoms with E-state index in [0.717, 1.165) is 30.4 Å². The first-order valence-electron chi connectivity index (χ1n) is 12.2. The summed E-state index contributed by atoms with van der Waals surface area (Å²) in [4.78, 5) is 13.7. The number of hydrogen-bond donors (Lipinski definition) is 0. The fourth-order valence-electron chi connectivity index (χ4n) is 6.24. The SMILES string of the molecule is CC(c1coc(-c2cncc([C@@]34CC[C@@H](c5cc(-c6c(F)cccc6F)nnc53)C4(C)C)n2)n1)S(C)(=O)=O. The van der Waals surface area contributed by atoms with Crippen LogP contribution in [0.5, 0.6) is 0 Å². The summed E-state index contributed by atoms with van der Waals surface area (Å²) in [6.07, 6.45) is 7.27. The molecule has 2 aliphatic rings. The quantitative estimate of drug-likeness (QED) is 0.343. The van der Waals surface area contributed by atoms with Gasteiger partial charge in [-0.3, -0.25) is 4.98 Å². The summed E-state index contributed by atoms with van der Waals surface area (Å²) in [6, 6.07) is 5.48. The second kappa shape index (κ2) is 8.20. The maximum atomic E-state index is 14.5. The van der Waals surface area contributed by atoms with Crippen LogP contribution in [-0.2, 0) is 15.3 Å². The van der Waals surface area contributed by atoms with Crippen molar-refractivity contribution in [3.8, 4) is 22.8 Å². The number of benzene rings is 1. The minimum Gasteiger partial charge on any atom is -0.443 e. The van der Waals surface area contributed by atoms with Gasteiger partial charge >= 0.3 is 0 Å². The van der Waals surface area contributed by atoms with Crippen molar-refractivity contribution in [2.45, 2.75) is 50.2 Å². The third-order valence-corrected chi connectivity index (χ3v) is 10.00. The Morgan fingerprint density at radius 3 is 2.53 bits per heavy atom. The molecule has 0 radical (unpaired) electrons. The number of halogens is 2. The van der Waals surface area contributed by atoms with Gasteiger partial charge in [0.1, 0.15) is 28.8 Å². The molecule has 0 aliphatic heterocycles. The first kappa shape index (κ1) is 24.7. The van der Waals surface area contributed by atoms with Crippen molar-refractivity contribution in [1.82, 2.24) is 25.1 Å². The molecular formula is C27H25F2N5O3S. The summed E-state index contributed by atoms with van der Waals surface area (Å²) < 4.78 is 58.6. The standard InChI is InChI=1S/C27H25F2N5O3S/c1-14(38(4,35)36)21-13-37-25(32-21)20-11-30-12-22(31-20)27-9-8-16(26(27,2)3)15-10-19(33-34-24(15)27)23-17(28)6-5-7-18(23)29/h5-7,10-14,16H,8-9H2,1-4H3/t14?,16-,27-/m0/s1. The maximum absolute atomic E-state index is 14.5. The lowest BCUT2D eigenvalue weighted by molar-refractivity contribution is 0.242. The highest BCUT2D eigenvalue weighted by Crippen LogP contribution is 2.69. The Hall–Kier alpha value is -3.60. The number of sulfone groups is 1. The summed E-state index contributed by atoms with van der Waals surface area (Å²) in [7, 11) is -3.35. The van der Waals surface area contributed by atoms with Crippen molar-refractivity contribution >= 4 is 9.84 Å². The van der Waals surface area contributed by atoms with Gasteiger partial charge in [0.05, 0.1) is 40.0 Å². The highest BCUT2D eigenvalue weighted by atomic mass is 32.2. The van der Waals surface area contributed by atoms with Crippen molar-refractivity contribution in [2.24, 2.45) is 5.41 Å². The zero-order valence-electron chi connectivity index (χ0n) is 21.2. The van der Waals surface area contributed by atoms with Crippen LogP contribution in [-0.4, -0.2) is 39.8 Å². The Bertz CT molecular complexity index is 1680. The molecule has 11 heteroatoms. The average Bonchev–Trinajstić information content (AvgIpc) is 3.51. The van der Waals surface area contributed by atoms with E-state index in [-0.39, 0.29) is 28.5 Å². The molecule has 4 aromatic rings. The fourth-order valence-corrected chi connectivity index (χ4v) is 6.79. The molecule has 3 atom stereocenters. The van der Waals surface area contributed by atoms with Gasteiger partial charge in [0.15, 0.2) is 9.84 Å². The molecule has 38 heavy (non-hydrogen) atoms. The molecule has 1 unspecified atom stereocenters. The van der Waals surface area contributed by atoms with Gasteiger partial charge in [-0.1, -0.05) is 19.9 Å². The van der Waals surface area contributed by atoms with Gasteiger partial charge < -0.3 is 4.42 Å². The molecule has 3 heterocycles. The number of aromatic nitrogens is 5. The van der Waals surface area contributed by atoms with Crippen LogP contribution in [0.1, 0.15) is 67.4 Å². The monoisotopic (exact) mass is 537 g/mol. The molecule has 196 valence electrons. The molecule has 0 saturated heterocycles. The van der Waals surface area contributed by atoms with Crippen molar-refractivity contribution in [2.75, 3.05) is 6.26 Å². The first-order valence-corrected chi connectivity index (χ1v) is 14.2. The van der Waals surface area contributed by atoms with E-state index in [9.17, 15) is 17.2 Å². The molecule has 1 aromatic carbocycles. The van der Waals surface area contributed by atoms with Crippen LogP contribution >= 0.6 is 0 Å². The van der Waals surface area contributed by atoms with E-state index in [4.69, 9.17) is 9.40 Å². The molecule has 6 rings (SSSR count). The summed E-state index contributed by atoms with van der Waals surface area (Å²) >= 11 is 0. The summed E-state index contributed by atoms with van der Waals surface area (Å²) in [5.41, 5.74) is 1.95. The molecule has 0 N–H and O–H groups in total. The van der Waals surface area contributed by atoms with E-state index in [1.165, 1.54) is 30.7 Å². The van der Waals surface area contributed by atoms with Crippen LogP contribution in [0.2, 0.25) is 0 Å². The van der Waals surface area contributed by atoms with E-state index in [1.807, 2.05) is 0 Å². The van der Waals surface area contributed by atoms with Crippen molar-refractivity contribution in [3.05, 3.63) is 77.2 Å². The zero-order valence-corrected chi connectivity index (χ0v) is 22.1. The van der Waals surface area contributed by atoms with E-state index >= 15 is 0 Å². The van der Waals surface area contributed by atoms with Crippen LogP contribution in [0.25, 0.3) is 22.8 Å². The van der Waals surface area contributed by atoms with Crippen molar-refractivity contribution in [1.29, 1.82) is 0 Å². The summed E-state index contributed by atoms with van der Waals surface area (Å²) in [6.45, 7) is 5.83. The minimum atomic E-state index is -3.35. The third-order valence-electron chi connectivity index (χ3n) is 8.47. The molecule has 2 aliphatic carbocycles. The molecule has 1 saturated carbocycles. The van der Waals surface area contributed by atoms with E-state index in [0.29, 0.717) is 17.1 Å². The normalized spacial score (nSPS) is 22.4. The Balaban J connectivity index is 1.45. The zero-order chi connectivity index (χ0) is 27.0. The third kappa shape index (κ3) is 3.37. The van der Waals surface area contributed by atoms with Gasteiger partial charge in [-0.15, -0.1) is 5.10 Å². The van der Waals surface area contributed by atoms with Crippen LogP contribution in [0.3, 0.4) is 0 Å². The summed E-state index contributed by atoms with van der Waals surface area (Å²) in [5.74, 6) is -1.13. The summed E-state index contributed by atoms with van der Waals surface area (Å²) in [5, 5.41) is 7.98. The molecule has 8 nitrogen and oxygen atoms in total. The van der Waals surface area contributed by atoms with Crippen molar-refractivity contribution in [3.63, 3.8) is 0 Å². The lowest BCUT2D eigenvalue weighted by Gasteiger charge is -2.37. The number of hydrogen-bond acceptors (Lipinski definition) is 8. The molecular weight excluding hydrogens is 512 g/mol. The number of fused-ring (bicyclic) bond motifs is 5.